The molecule has 0 amide bonds. The molecule has 0 radical (unpaired) electrons. The van der Waals surface area contributed by atoms with Crippen molar-refractivity contribution in [2.24, 2.45) is 0 Å². The summed E-state index contributed by atoms with van der Waals surface area (Å²) < 4.78 is 31.9. The Balaban J connectivity index is 1.92. The normalized spacial score (nSPS) is 16.3. The van der Waals surface area contributed by atoms with Crippen LogP contribution in [-0.4, -0.2) is 32.0 Å². The summed E-state index contributed by atoms with van der Waals surface area (Å²) in [5, 5.41) is 0. The first-order valence-electron chi connectivity index (χ1n) is 7.33. The molecule has 2 aromatic rings. The van der Waals surface area contributed by atoms with Crippen molar-refractivity contribution in [1.82, 2.24) is 4.31 Å². The molecule has 5 heteroatoms. The molecule has 23 heavy (non-hydrogen) atoms. The predicted octanol–water partition coefficient (Wildman–Crippen LogP) is 2.39. The number of hydrogen-bond donors (Lipinski definition) is 0. The van der Waals surface area contributed by atoms with Gasteiger partial charge in [0.2, 0.25) is 0 Å². The van der Waals surface area contributed by atoms with Gasteiger partial charge in [0, 0.05) is 11.6 Å². The van der Waals surface area contributed by atoms with Gasteiger partial charge in [-0.2, -0.15) is 0 Å². The molecule has 1 unspecified atom stereocenters. The van der Waals surface area contributed by atoms with E-state index in [0.717, 1.165) is 11.1 Å². The Hall–Kier alpha value is -2.29. The van der Waals surface area contributed by atoms with Crippen molar-refractivity contribution in [3.8, 4) is 12.0 Å². The molecule has 1 saturated heterocycles. The second-order valence-corrected chi connectivity index (χ2v) is 7.27. The highest BCUT2D eigenvalue weighted by molar-refractivity contribution is 7.89. The van der Waals surface area contributed by atoms with Gasteiger partial charge in [0.15, 0.2) is 0 Å². The lowest BCUT2D eigenvalue weighted by atomic mass is 10.2. The third-order valence-electron chi connectivity index (χ3n) is 3.48. The van der Waals surface area contributed by atoms with Crippen LogP contribution in [-0.2, 0) is 14.8 Å². The van der Waals surface area contributed by atoms with Gasteiger partial charge in [0.05, 0.1) is 18.0 Å². The highest BCUT2D eigenvalue weighted by Gasteiger charge is 2.31. The molecule has 118 valence electrons. The summed E-state index contributed by atoms with van der Waals surface area (Å²) in [4.78, 5) is 0.242. The quantitative estimate of drug-likeness (QED) is 0.492. The van der Waals surface area contributed by atoms with Crippen LogP contribution in [0.3, 0.4) is 0 Å². The van der Waals surface area contributed by atoms with Crippen LogP contribution in [0.2, 0.25) is 0 Å². The lowest BCUT2D eigenvalue weighted by molar-refractivity contribution is 0.375. The van der Waals surface area contributed by atoms with Crippen LogP contribution in [0.15, 0.2) is 59.5 Å². The Bertz CT molecular complexity index is 829. The SMILES string of the molecule is Cc1ccc(S(=O)(=O)N(C#Cc2ccccc2)CC2CO2)cc1. The van der Waals surface area contributed by atoms with Crippen molar-refractivity contribution in [3.05, 3.63) is 65.7 Å². The molecule has 0 bridgehead atoms. The Morgan fingerprint density at radius 2 is 1.78 bits per heavy atom. The standard InChI is InChI=1S/C18H17NO3S/c1-15-7-9-18(10-8-15)23(20,21)19(13-17-14-22-17)12-11-16-5-3-2-4-6-16/h2-10,17H,13-14H2,1H3. The average molecular weight is 327 g/mol. The van der Waals surface area contributed by atoms with E-state index in [4.69, 9.17) is 4.74 Å². The van der Waals surface area contributed by atoms with Crippen LogP contribution < -0.4 is 0 Å². The zero-order chi connectivity index (χ0) is 16.3. The summed E-state index contributed by atoms with van der Waals surface area (Å²) in [6.07, 6.45) is -0.0692. The monoisotopic (exact) mass is 327 g/mol. The van der Waals surface area contributed by atoms with E-state index in [9.17, 15) is 8.42 Å². The van der Waals surface area contributed by atoms with Gasteiger partial charge in [-0.15, -0.1) is 0 Å². The maximum Gasteiger partial charge on any atom is 0.271 e. The molecule has 0 aliphatic carbocycles. The lowest BCUT2D eigenvalue weighted by Gasteiger charge is -2.17. The number of hydrogen-bond acceptors (Lipinski definition) is 3. The summed E-state index contributed by atoms with van der Waals surface area (Å²) in [7, 11) is -3.66. The zero-order valence-corrected chi connectivity index (χ0v) is 13.6. The third kappa shape index (κ3) is 3.92. The molecular formula is C18H17NO3S. The zero-order valence-electron chi connectivity index (χ0n) is 12.8. The molecule has 0 N–H and O–H groups in total. The van der Waals surface area contributed by atoms with Gasteiger partial charge in [0.25, 0.3) is 10.0 Å². The first-order valence-corrected chi connectivity index (χ1v) is 8.77. The molecular weight excluding hydrogens is 310 g/mol. The Morgan fingerprint density at radius 3 is 2.39 bits per heavy atom. The summed E-state index contributed by atoms with van der Waals surface area (Å²) in [5.41, 5.74) is 1.78. The van der Waals surface area contributed by atoms with Gasteiger partial charge < -0.3 is 4.74 Å². The summed E-state index contributed by atoms with van der Waals surface area (Å²) in [6, 6.07) is 18.9. The first kappa shape index (κ1) is 15.6. The summed E-state index contributed by atoms with van der Waals surface area (Å²) in [6.45, 7) is 2.74. The topological polar surface area (TPSA) is 49.9 Å². The van der Waals surface area contributed by atoms with E-state index >= 15 is 0 Å². The van der Waals surface area contributed by atoms with Gasteiger partial charge in [-0.05, 0) is 37.1 Å². The van der Waals surface area contributed by atoms with Crippen molar-refractivity contribution in [2.45, 2.75) is 17.9 Å². The van der Waals surface area contributed by atoms with Gasteiger partial charge >= 0.3 is 0 Å². The maximum absolute atomic E-state index is 12.8. The van der Waals surface area contributed by atoms with Gasteiger partial charge in [-0.1, -0.05) is 35.9 Å². The van der Waals surface area contributed by atoms with Crippen molar-refractivity contribution in [2.75, 3.05) is 13.2 Å². The van der Waals surface area contributed by atoms with Gasteiger partial charge in [0.1, 0.15) is 6.10 Å². The minimum atomic E-state index is -3.66. The van der Waals surface area contributed by atoms with Crippen LogP contribution in [0, 0.1) is 18.9 Å². The van der Waals surface area contributed by atoms with Crippen LogP contribution >= 0.6 is 0 Å². The predicted molar refractivity (Wildman–Crippen MR) is 88.1 cm³/mol. The van der Waals surface area contributed by atoms with E-state index in [1.54, 1.807) is 24.3 Å². The third-order valence-corrected chi connectivity index (χ3v) is 5.17. The van der Waals surface area contributed by atoms with E-state index in [2.05, 4.69) is 12.0 Å². The molecule has 1 atom stereocenters. The highest BCUT2D eigenvalue weighted by Crippen LogP contribution is 2.19. The average Bonchev–Trinajstić information content (AvgIpc) is 3.37. The summed E-state index contributed by atoms with van der Waals surface area (Å²) in [5.74, 6) is 2.91. The largest absolute Gasteiger partial charge is 0.371 e. The molecule has 0 spiro atoms. The number of nitrogens with zero attached hydrogens (tertiary/aromatic N) is 1. The first-order chi connectivity index (χ1) is 11.1. The fourth-order valence-corrected chi connectivity index (χ4v) is 3.31. The van der Waals surface area contributed by atoms with E-state index in [1.807, 2.05) is 37.3 Å². The fraction of sp³-hybridized carbons (Fsp3) is 0.222. The molecule has 1 heterocycles. The minimum Gasteiger partial charge on any atom is -0.371 e. The van der Waals surface area contributed by atoms with Crippen LogP contribution in [0.4, 0.5) is 0 Å². The van der Waals surface area contributed by atoms with E-state index in [0.29, 0.717) is 6.61 Å². The fourth-order valence-electron chi connectivity index (χ4n) is 2.05. The van der Waals surface area contributed by atoms with Gasteiger partial charge in [-0.25, -0.2) is 12.7 Å². The Kier molecular flexibility index (Phi) is 4.37. The van der Waals surface area contributed by atoms with E-state index in [-0.39, 0.29) is 17.5 Å². The molecule has 3 rings (SSSR count). The smallest absolute Gasteiger partial charge is 0.271 e. The Labute approximate surface area is 136 Å². The second kappa shape index (κ2) is 6.45. The molecule has 0 aromatic heterocycles. The van der Waals surface area contributed by atoms with E-state index < -0.39 is 10.0 Å². The van der Waals surface area contributed by atoms with Crippen molar-refractivity contribution >= 4 is 10.0 Å². The van der Waals surface area contributed by atoms with Crippen molar-refractivity contribution < 1.29 is 13.2 Å². The number of epoxide rings is 1. The number of rotatable bonds is 4. The molecule has 1 aliphatic heterocycles. The highest BCUT2D eigenvalue weighted by atomic mass is 32.2. The number of benzene rings is 2. The maximum atomic E-state index is 12.8. The molecule has 4 nitrogen and oxygen atoms in total. The van der Waals surface area contributed by atoms with Gasteiger partial charge in [-0.3, -0.25) is 0 Å². The molecule has 1 fully saturated rings. The minimum absolute atomic E-state index is 0.0692. The number of aryl methyl sites for hydroxylation is 1. The second-order valence-electron chi connectivity index (χ2n) is 5.41. The molecule has 2 aromatic carbocycles. The summed E-state index contributed by atoms with van der Waals surface area (Å²) >= 11 is 0. The lowest BCUT2D eigenvalue weighted by Crippen LogP contribution is -2.30. The molecule has 0 saturated carbocycles. The number of ether oxygens (including phenoxy) is 1. The van der Waals surface area contributed by atoms with Crippen LogP contribution in [0.1, 0.15) is 11.1 Å². The van der Waals surface area contributed by atoms with Crippen molar-refractivity contribution in [3.63, 3.8) is 0 Å². The van der Waals surface area contributed by atoms with Crippen LogP contribution in [0.25, 0.3) is 0 Å². The number of sulfonamides is 1. The Morgan fingerprint density at radius 1 is 1.13 bits per heavy atom. The molecule has 1 aliphatic rings. The van der Waals surface area contributed by atoms with E-state index in [1.165, 1.54) is 4.31 Å². The van der Waals surface area contributed by atoms with Crippen molar-refractivity contribution in [1.29, 1.82) is 0 Å². The van der Waals surface area contributed by atoms with Crippen LogP contribution in [0.5, 0.6) is 0 Å².